The number of benzene rings is 1. The minimum atomic E-state index is -0.0183. The highest BCUT2D eigenvalue weighted by atomic mass is 32.1. The molecule has 0 bridgehead atoms. The first-order valence-corrected chi connectivity index (χ1v) is 9.83. The summed E-state index contributed by atoms with van der Waals surface area (Å²) in [6.07, 6.45) is 2.17. The number of hydrogen-bond donors (Lipinski definition) is 0. The molecule has 1 saturated heterocycles. The van der Waals surface area contributed by atoms with Crippen molar-refractivity contribution in [3.63, 3.8) is 0 Å². The van der Waals surface area contributed by atoms with Crippen LogP contribution >= 0.6 is 11.3 Å². The van der Waals surface area contributed by atoms with Crippen LogP contribution in [-0.2, 0) is 11.3 Å². The summed E-state index contributed by atoms with van der Waals surface area (Å²) in [6, 6.07) is 9.41. The van der Waals surface area contributed by atoms with Gasteiger partial charge in [-0.15, -0.1) is 11.3 Å². The van der Waals surface area contributed by atoms with E-state index in [0.29, 0.717) is 36.8 Å². The molecule has 1 fully saturated rings. The molecule has 1 aromatic heterocycles. The summed E-state index contributed by atoms with van der Waals surface area (Å²) in [5, 5.41) is 2.03. The molecule has 140 valence electrons. The number of methoxy groups -OCH3 is 1. The molecule has 3 rings (SSSR count). The molecule has 2 heterocycles. The SMILES string of the molecule is CCOc1ccc(C(=O)N(Cc2cccs2)CC2CCCO2)cc1OC. The quantitative estimate of drug-likeness (QED) is 0.700. The summed E-state index contributed by atoms with van der Waals surface area (Å²) >= 11 is 1.66. The van der Waals surface area contributed by atoms with Gasteiger partial charge in [0.15, 0.2) is 11.5 Å². The Balaban J connectivity index is 1.81. The van der Waals surface area contributed by atoms with Gasteiger partial charge in [-0.1, -0.05) is 6.07 Å². The van der Waals surface area contributed by atoms with Crippen molar-refractivity contribution in [1.29, 1.82) is 0 Å². The average molecular weight is 375 g/mol. The lowest BCUT2D eigenvalue weighted by Gasteiger charge is -2.25. The van der Waals surface area contributed by atoms with Gasteiger partial charge in [0.1, 0.15) is 0 Å². The van der Waals surface area contributed by atoms with E-state index in [1.165, 1.54) is 0 Å². The molecule has 1 aliphatic heterocycles. The van der Waals surface area contributed by atoms with Crippen LogP contribution < -0.4 is 9.47 Å². The van der Waals surface area contributed by atoms with Crippen LogP contribution in [0.5, 0.6) is 11.5 Å². The Morgan fingerprint density at radius 3 is 2.88 bits per heavy atom. The van der Waals surface area contributed by atoms with Gasteiger partial charge < -0.3 is 19.1 Å². The minimum Gasteiger partial charge on any atom is -0.493 e. The van der Waals surface area contributed by atoms with E-state index in [1.807, 2.05) is 23.3 Å². The number of hydrogen-bond acceptors (Lipinski definition) is 5. The number of rotatable bonds is 8. The van der Waals surface area contributed by atoms with E-state index in [1.54, 1.807) is 36.6 Å². The van der Waals surface area contributed by atoms with Gasteiger partial charge in [-0.3, -0.25) is 4.79 Å². The van der Waals surface area contributed by atoms with Crippen molar-refractivity contribution in [2.45, 2.75) is 32.4 Å². The zero-order valence-corrected chi connectivity index (χ0v) is 16.1. The van der Waals surface area contributed by atoms with Gasteiger partial charge in [0.2, 0.25) is 0 Å². The molecule has 1 atom stereocenters. The van der Waals surface area contributed by atoms with Crippen molar-refractivity contribution < 1.29 is 19.0 Å². The normalized spacial score (nSPS) is 16.5. The summed E-state index contributed by atoms with van der Waals surface area (Å²) in [4.78, 5) is 16.2. The molecular weight excluding hydrogens is 350 g/mol. The number of nitrogens with zero attached hydrogens (tertiary/aromatic N) is 1. The molecule has 0 N–H and O–H groups in total. The highest BCUT2D eigenvalue weighted by Gasteiger charge is 2.24. The molecule has 26 heavy (non-hydrogen) atoms. The lowest BCUT2D eigenvalue weighted by atomic mass is 10.1. The van der Waals surface area contributed by atoms with Crippen molar-refractivity contribution in [2.75, 3.05) is 26.9 Å². The molecule has 2 aromatic rings. The predicted molar refractivity (Wildman–Crippen MR) is 102 cm³/mol. The molecule has 1 unspecified atom stereocenters. The predicted octanol–water partition coefficient (Wildman–Crippen LogP) is 3.98. The van der Waals surface area contributed by atoms with Crippen LogP contribution in [0.3, 0.4) is 0 Å². The average Bonchev–Trinajstić information content (AvgIpc) is 3.35. The van der Waals surface area contributed by atoms with E-state index < -0.39 is 0 Å². The van der Waals surface area contributed by atoms with Gasteiger partial charge >= 0.3 is 0 Å². The summed E-state index contributed by atoms with van der Waals surface area (Å²) in [5.41, 5.74) is 0.597. The van der Waals surface area contributed by atoms with E-state index in [-0.39, 0.29) is 12.0 Å². The van der Waals surface area contributed by atoms with Crippen LogP contribution in [0.15, 0.2) is 35.7 Å². The maximum atomic E-state index is 13.2. The smallest absolute Gasteiger partial charge is 0.254 e. The Hall–Kier alpha value is -2.05. The number of ether oxygens (including phenoxy) is 3. The highest BCUT2D eigenvalue weighted by Crippen LogP contribution is 2.29. The topological polar surface area (TPSA) is 48.0 Å². The van der Waals surface area contributed by atoms with Crippen LogP contribution in [0, 0.1) is 0 Å². The van der Waals surface area contributed by atoms with Crippen LogP contribution in [0.2, 0.25) is 0 Å². The summed E-state index contributed by atoms with van der Waals surface area (Å²) in [6.45, 7) is 4.44. The van der Waals surface area contributed by atoms with E-state index in [4.69, 9.17) is 14.2 Å². The molecule has 1 aliphatic rings. The van der Waals surface area contributed by atoms with Gasteiger partial charge in [-0.25, -0.2) is 0 Å². The van der Waals surface area contributed by atoms with Crippen molar-refractivity contribution in [2.24, 2.45) is 0 Å². The maximum Gasteiger partial charge on any atom is 0.254 e. The fourth-order valence-electron chi connectivity index (χ4n) is 3.10. The van der Waals surface area contributed by atoms with Gasteiger partial charge in [0, 0.05) is 23.6 Å². The first-order valence-electron chi connectivity index (χ1n) is 8.95. The maximum absolute atomic E-state index is 13.2. The molecule has 0 saturated carbocycles. The zero-order valence-electron chi connectivity index (χ0n) is 15.3. The number of carbonyl (C=O) groups is 1. The summed E-state index contributed by atoms with van der Waals surface area (Å²) < 4.78 is 16.7. The highest BCUT2D eigenvalue weighted by molar-refractivity contribution is 7.09. The molecule has 1 aromatic carbocycles. The molecule has 0 radical (unpaired) electrons. The van der Waals surface area contributed by atoms with E-state index in [9.17, 15) is 4.79 Å². The fraction of sp³-hybridized carbons (Fsp3) is 0.450. The van der Waals surface area contributed by atoms with E-state index >= 15 is 0 Å². The fourth-order valence-corrected chi connectivity index (χ4v) is 3.82. The van der Waals surface area contributed by atoms with Crippen LogP contribution in [0.1, 0.15) is 35.0 Å². The molecule has 6 heteroatoms. The van der Waals surface area contributed by atoms with Crippen molar-refractivity contribution >= 4 is 17.2 Å². The van der Waals surface area contributed by atoms with Crippen LogP contribution in [-0.4, -0.2) is 43.8 Å². The second-order valence-corrected chi connectivity index (χ2v) is 7.23. The standard InChI is InChI=1S/C20H25NO4S/c1-3-24-18-9-8-15(12-19(18)23-2)20(22)21(13-16-6-4-10-25-16)14-17-7-5-11-26-17/h5,7-9,11-12,16H,3-4,6,10,13-14H2,1-2H3. The Bertz CT molecular complexity index is 711. The Morgan fingerprint density at radius 2 is 2.23 bits per heavy atom. The number of amides is 1. The first-order chi connectivity index (χ1) is 12.7. The molecule has 0 aliphatic carbocycles. The second-order valence-electron chi connectivity index (χ2n) is 6.20. The third-order valence-electron chi connectivity index (χ3n) is 4.37. The number of carbonyl (C=O) groups excluding carboxylic acids is 1. The van der Waals surface area contributed by atoms with Gasteiger partial charge in [-0.05, 0) is 49.4 Å². The lowest BCUT2D eigenvalue weighted by molar-refractivity contribution is 0.0509. The van der Waals surface area contributed by atoms with Crippen LogP contribution in [0.4, 0.5) is 0 Å². The van der Waals surface area contributed by atoms with Crippen LogP contribution in [0.25, 0.3) is 0 Å². The zero-order chi connectivity index (χ0) is 18.4. The van der Waals surface area contributed by atoms with Gasteiger partial charge in [0.25, 0.3) is 5.91 Å². The summed E-state index contributed by atoms with van der Waals surface area (Å²) in [7, 11) is 1.59. The Labute approximate surface area is 158 Å². The molecule has 0 spiro atoms. The lowest BCUT2D eigenvalue weighted by Crippen LogP contribution is -2.36. The monoisotopic (exact) mass is 375 g/mol. The Morgan fingerprint density at radius 1 is 1.35 bits per heavy atom. The van der Waals surface area contributed by atoms with Crippen molar-refractivity contribution in [3.8, 4) is 11.5 Å². The molecular formula is C20H25NO4S. The van der Waals surface area contributed by atoms with Gasteiger partial charge in [0.05, 0.1) is 26.4 Å². The number of thiophene rings is 1. The van der Waals surface area contributed by atoms with Gasteiger partial charge in [-0.2, -0.15) is 0 Å². The largest absolute Gasteiger partial charge is 0.493 e. The minimum absolute atomic E-state index is 0.0183. The van der Waals surface area contributed by atoms with E-state index in [2.05, 4.69) is 6.07 Å². The Kier molecular flexibility index (Phi) is 6.52. The molecule has 5 nitrogen and oxygen atoms in total. The third-order valence-corrected chi connectivity index (χ3v) is 5.23. The summed E-state index contributed by atoms with van der Waals surface area (Å²) in [5.74, 6) is 1.21. The first kappa shape index (κ1) is 18.7. The second kappa shape index (κ2) is 9.05. The molecule has 1 amide bonds. The van der Waals surface area contributed by atoms with Crippen molar-refractivity contribution in [1.82, 2.24) is 4.90 Å². The van der Waals surface area contributed by atoms with E-state index in [0.717, 1.165) is 24.3 Å². The third kappa shape index (κ3) is 4.56. The van der Waals surface area contributed by atoms with Crippen molar-refractivity contribution in [3.05, 3.63) is 46.2 Å².